The number of carbonyl (C=O) groups excluding carboxylic acids is 1. The Morgan fingerprint density at radius 1 is 1.07 bits per heavy atom. The van der Waals surface area contributed by atoms with Crippen molar-refractivity contribution in [1.82, 2.24) is 4.90 Å². The Bertz CT molecular complexity index is 805. The Labute approximate surface area is 177 Å². The van der Waals surface area contributed by atoms with E-state index >= 15 is 0 Å². The first-order chi connectivity index (χ1) is 14.0. The molecule has 0 spiro atoms. The van der Waals surface area contributed by atoms with Gasteiger partial charge in [0.25, 0.3) is 0 Å². The van der Waals surface area contributed by atoms with Gasteiger partial charge in [0.2, 0.25) is 5.91 Å². The van der Waals surface area contributed by atoms with E-state index in [2.05, 4.69) is 0 Å². The number of ether oxygens (including phenoxy) is 3. The number of amides is 1. The Kier molecular flexibility index (Phi) is 9.38. The van der Waals surface area contributed by atoms with Gasteiger partial charge in [0, 0.05) is 24.7 Å². The van der Waals surface area contributed by atoms with Crippen LogP contribution in [-0.4, -0.2) is 44.7 Å². The minimum atomic E-state index is -0.0449. The number of likely N-dealkylation sites (N-methyl/N-ethyl adjacent to an activating group) is 1. The van der Waals surface area contributed by atoms with Gasteiger partial charge in [-0.2, -0.15) is 0 Å². The smallest absolute Gasteiger partial charge is 0.246 e. The highest BCUT2D eigenvalue weighted by Gasteiger charge is 2.06. The van der Waals surface area contributed by atoms with Crippen molar-refractivity contribution in [2.75, 3.05) is 33.9 Å². The zero-order chi connectivity index (χ0) is 21.1. The van der Waals surface area contributed by atoms with E-state index in [9.17, 15) is 4.79 Å². The molecule has 0 unspecified atom stereocenters. The molecule has 0 heterocycles. The van der Waals surface area contributed by atoms with Gasteiger partial charge in [-0.15, -0.1) is 0 Å². The number of halogens is 1. The molecule has 0 aliphatic rings. The van der Waals surface area contributed by atoms with Crippen LogP contribution in [0.1, 0.15) is 25.3 Å². The highest BCUT2D eigenvalue weighted by atomic mass is 35.5. The summed E-state index contributed by atoms with van der Waals surface area (Å²) < 4.78 is 16.5. The van der Waals surface area contributed by atoms with Crippen molar-refractivity contribution >= 4 is 23.6 Å². The number of carbonyl (C=O) groups is 1. The van der Waals surface area contributed by atoms with Crippen LogP contribution in [0, 0.1) is 0 Å². The maximum absolute atomic E-state index is 12.3. The van der Waals surface area contributed by atoms with Crippen LogP contribution in [0.3, 0.4) is 0 Å². The molecule has 0 saturated carbocycles. The number of benzene rings is 2. The molecule has 29 heavy (non-hydrogen) atoms. The Morgan fingerprint density at radius 3 is 2.52 bits per heavy atom. The first-order valence-electron chi connectivity index (χ1n) is 9.66. The molecule has 2 aromatic rings. The van der Waals surface area contributed by atoms with Gasteiger partial charge in [0.1, 0.15) is 5.75 Å². The van der Waals surface area contributed by atoms with Crippen LogP contribution in [0.25, 0.3) is 6.08 Å². The second kappa shape index (κ2) is 12.0. The molecular formula is C23H28ClNO4. The zero-order valence-corrected chi connectivity index (χ0v) is 17.9. The number of rotatable bonds is 11. The van der Waals surface area contributed by atoms with Gasteiger partial charge in [-0.25, -0.2) is 0 Å². The lowest BCUT2D eigenvalue weighted by atomic mass is 10.2. The number of hydrogen-bond acceptors (Lipinski definition) is 4. The average molecular weight is 418 g/mol. The van der Waals surface area contributed by atoms with Crippen LogP contribution in [0.4, 0.5) is 0 Å². The van der Waals surface area contributed by atoms with Crippen LogP contribution in [0.5, 0.6) is 17.2 Å². The van der Waals surface area contributed by atoms with Crippen molar-refractivity contribution in [3.8, 4) is 17.2 Å². The number of methoxy groups -OCH3 is 1. The van der Waals surface area contributed by atoms with Crippen molar-refractivity contribution in [3.63, 3.8) is 0 Å². The molecule has 156 valence electrons. The third-order valence-electron chi connectivity index (χ3n) is 4.25. The molecule has 0 saturated heterocycles. The van der Waals surface area contributed by atoms with Gasteiger partial charge >= 0.3 is 0 Å². The van der Waals surface area contributed by atoms with Crippen molar-refractivity contribution in [2.45, 2.75) is 19.8 Å². The molecular weight excluding hydrogens is 390 g/mol. The summed E-state index contributed by atoms with van der Waals surface area (Å²) in [5, 5.41) is 0.689. The van der Waals surface area contributed by atoms with Crippen molar-refractivity contribution in [1.29, 1.82) is 0 Å². The molecule has 5 nitrogen and oxygen atoms in total. The zero-order valence-electron chi connectivity index (χ0n) is 17.2. The number of nitrogens with zero attached hydrogens (tertiary/aromatic N) is 1. The fourth-order valence-electron chi connectivity index (χ4n) is 2.64. The molecule has 2 aromatic carbocycles. The van der Waals surface area contributed by atoms with Crippen LogP contribution >= 0.6 is 11.6 Å². The normalized spacial score (nSPS) is 10.8. The monoisotopic (exact) mass is 417 g/mol. The fraction of sp³-hybridized carbons (Fsp3) is 0.348. The van der Waals surface area contributed by atoms with E-state index in [0.29, 0.717) is 36.3 Å². The Balaban J connectivity index is 1.74. The summed E-state index contributed by atoms with van der Waals surface area (Å²) in [7, 11) is 3.40. The molecule has 0 N–H and O–H groups in total. The summed E-state index contributed by atoms with van der Waals surface area (Å²) in [4.78, 5) is 14.0. The van der Waals surface area contributed by atoms with Gasteiger partial charge in [0.05, 0.1) is 20.3 Å². The third kappa shape index (κ3) is 7.70. The average Bonchev–Trinajstić information content (AvgIpc) is 2.73. The first-order valence-corrected chi connectivity index (χ1v) is 10.0. The summed E-state index contributed by atoms with van der Waals surface area (Å²) in [6.07, 6.45) is 5.07. The summed E-state index contributed by atoms with van der Waals surface area (Å²) in [5.41, 5.74) is 0.878. The van der Waals surface area contributed by atoms with E-state index in [1.807, 2.05) is 37.3 Å². The third-order valence-corrected chi connectivity index (χ3v) is 4.50. The fourth-order valence-corrected chi connectivity index (χ4v) is 2.77. The molecule has 0 radical (unpaired) electrons. The molecule has 1 amide bonds. The van der Waals surface area contributed by atoms with E-state index < -0.39 is 0 Å². The molecule has 0 bridgehead atoms. The van der Waals surface area contributed by atoms with Crippen molar-refractivity contribution in [2.24, 2.45) is 0 Å². The standard InChI is InChI=1S/C23H28ClNO4/c1-4-28-21-13-7-18(17-22(21)27-3)8-14-23(26)25(2)15-5-6-16-29-20-11-9-19(24)10-12-20/h7-14,17H,4-6,15-16H2,1-3H3/b14-8+. The Hall–Kier alpha value is -2.66. The predicted octanol–water partition coefficient (Wildman–Crippen LogP) is 5.08. The van der Waals surface area contributed by atoms with Crippen LogP contribution in [0.15, 0.2) is 48.5 Å². The highest BCUT2D eigenvalue weighted by molar-refractivity contribution is 6.30. The van der Waals surface area contributed by atoms with Gasteiger partial charge in [-0.1, -0.05) is 17.7 Å². The lowest BCUT2D eigenvalue weighted by Gasteiger charge is -2.15. The first kappa shape index (κ1) is 22.6. The minimum Gasteiger partial charge on any atom is -0.494 e. The summed E-state index contributed by atoms with van der Waals surface area (Å²) >= 11 is 5.85. The molecule has 0 fully saturated rings. The number of hydrogen-bond donors (Lipinski definition) is 0. The van der Waals surface area contributed by atoms with Gasteiger partial charge in [-0.05, 0) is 67.8 Å². The van der Waals surface area contributed by atoms with Crippen LogP contribution in [0.2, 0.25) is 5.02 Å². The van der Waals surface area contributed by atoms with E-state index in [-0.39, 0.29) is 5.91 Å². The van der Waals surface area contributed by atoms with E-state index in [1.54, 1.807) is 43.3 Å². The maximum atomic E-state index is 12.3. The second-order valence-electron chi connectivity index (χ2n) is 6.45. The van der Waals surface area contributed by atoms with E-state index in [0.717, 1.165) is 24.2 Å². The van der Waals surface area contributed by atoms with E-state index in [1.165, 1.54) is 0 Å². The predicted molar refractivity (Wildman–Crippen MR) is 117 cm³/mol. The van der Waals surface area contributed by atoms with Gasteiger partial charge in [0.15, 0.2) is 11.5 Å². The second-order valence-corrected chi connectivity index (χ2v) is 6.88. The van der Waals surface area contributed by atoms with Crippen molar-refractivity contribution in [3.05, 3.63) is 59.1 Å². The van der Waals surface area contributed by atoms with Crippen molar-refractivity contribution < 1.29 is 19.0 Å². The lowest BCUT2D eigenvalue weighted by Crippen LogP contribution is -2.26. The van der Waals surface area contributed by atoms with Crippen LogP contribution in [-0.2, 0) is 4.79 Å². The highest BCUT2D eigenvalue weighted by Crippen LogP contribution is 2.28. The summed E-state index contributed by atoms with van der Waals surface area (Å²) in [5.74, 6) is 2.09. The number of unbranched alkanes of at least 4 members (excludes halogenated alkanes) is 1. The Morgan fingerprint density at radius 2 is 1.83 bits per heavy atom. The lowest BCUT2D eigenvalue weighted by molar-refractivity contribution is -0.124. The summed E-state index contributed by atoms with van der Waals surface area (Å²) in [6.45, 7) is 3.76. The maximum Gasteiger partial charge on any atom is 0.246 e. The topological polar surface area (TPSA) is 48.0 Å². The molecule has 0 aliphatic carbocycles. The van der Waals surface area contributed by atoms with Gasteiger partial charge < -0.3 is 19.1 Å². The quantitative estimate of drug-likeness (QED) is 0.378. The summed E-state index contributed by atoms with van der Waals surface area (Å²) in [6, 6.07) is 12.9. The molecule has 0 atom stereocenters. The molecule has 0 aromatic heterocycles. The van der Waals surface area contributed by atoms with Gasteiger partial charge in [-0.3, -0.25) is 4.79 Å². The largest absolute Gasteiger partial charge is 0.494 e. The minimum absolute atomic E-state index is 0.0449. The molecule has 2 rings (SSSR count). The van der Waals surface area contributed by atoms with E-state index in [4.69, 9.17) is 25.8 Å². The SMILES string of the molecule is CCOc1ccc(/C=C/C(=O)N(C)CCCCOc2ccc(Cl)cc2)cc1OC. The molecule has 0 aliphatic heterocycles. The molecule has 6 heteroatoms. The van der Waals surface area contributed by atoms with Crippen LogP contribution < -0.4 is 14.2 Å².